The Morgan fingerprint density at radius 1 is 1.27 bits per heavy atom. The van der Waals surface area contributed by atoms with Gasteiger partial charge in [0.15, 0.2) is 0 Å². The molecular formula is C23H33N3O3S. The molecule has 1 aliphatic carbocycles. The van der Waals surface area contributed by atoms with E-state index in [0.717, 1.165) is 24.8 Å². The van der Waals surface area contributed by atoms with Gasteiger partial charge < -0.3 is 14.2 Å². The first-order valence-corrected chi connectivity index (χ1v) is 11.7. The number of ether oxygens (including phenoxy) is 1. The second-order valence-electron chi connectivity index (χ2n) is 10.5. The topological polar surface area (TPSA) is 88.4 Å². The molecule has 0 aromatic heterocycles. The van der Waals surface area contributed by atoms with Gasteiger partial charge in [0.25, 0.3) is 0 Å². The van der Waals surface area contributed by atoms with Crippen LogP contribution in [0, 0.1) is 16.7 Å². The van der Waals surface area contributed by atoms with Crippen LogP contribution in [0.4, 0.5) is 4.79 Å². The summed E-state index contributed by atoms with van der Waals surface area (Å²) in [6.07, 6.45) is 2.17. The molecule has 2 unspecified atom stereocenters. The molecule has 1 aromatic rings. The number of carbonyl (C=O) groups excluding carboxylic acids is 1. The van der Waals surface area contributed by atoms with Crippen molar-refractivity contribution in [3.8, 4) is 6.07 Å². The van der Waals surface area contributed by atoms with Crippen molar-refractivity contribution in [3.05, 3.63) is 34.9 Å². The average molecular weight is 432 g/mol. The van der Waals surface area contributed by atoms with Gasteiger partial charge in [-0.2, -0.15) is 5.26 Å². The zero-order valence-corrected chi connectivity index (χ0v) is 19.7. The number of amides is 1. The maximum absolute atomic E-state index is 13.0. The summed E-state index contributed by atoms with van der Waals surface area (Å²) in [4.78, 5) is 14.3. The summed E-state index contributed by atoms with van der Waals surface area (Å²) < 4.78 is 21.5. The van der Waals surface area contributed by atoms with E-state index in [1.54, 1.807) is 4.90 Å². The van der Waals surface area contributed by atoms with Crippen molar-refractivity contribution >= 4 is 17.5 Å². The van der Waals surface area contributed by atoms with E-state index in [1.807, 2.05) is 59.7 Å². The second kappa shape index (κ2) is 8.07. The lowest BCUT2D eigenvalue weighted by Gasteiger charge is -2.43. The van der Waals surface area contributed by atoms with Crippen molar-refractivity contribution in [1.82, 2.24) is 9.62 Å². The number of nitriles is 1. The summed E-state index contributed by atoms with van der Waals surface area (Å²) in [5, 5.41) is 9.37. The summed E-state index contributed by atoms with van der Waals surface area (Å²) in [7, 11) is 0. The van der Waals surface area contributed by atoms with Crippen LogP contribution in [0.3, 0.4) is 0 Å². The molecule has 0 radical (unpaired) electrons. The predicted molar refractivity (Wildman–Crippen MR) is 118 cm³/mol. The summed E-state index contributed by atoms with van der Waals surface area (Å²) in [6.45, 7) is 12.7. The van der Waals surface area contributed by atoms with Gasteiger partial charge in [-0.15, -0.1) is 4.72 Å². The zero-order valence-electron chi connectivity index (χ0n) is 18.9. The van der Waals surface area contributed by atoms with E-state index in [2.05, 4.69) is 10.8 Å². The minimum Gasteiger partial charge on any atom is -0.598 e. The first-order valence-electron chi connectivity index (χ1n) is 10.5. The van der Waals surface area contributed by atoms with Crippen LogP contribution in [0.5, 0.6) is 0 Å². The van der Waals surface area contributed by atoms with E-state index in [0.29, 0.717) is 18.7 Å². The van der Waals surface area contributed by atoms with Crippen molar-refractivity contribution in [2.45, 2.75) is 77.2 Å². The summed E-state index contributed by atoms with van der Waals surface area (Å²) >= 11 is -1.24. The molecule has 1 aliphatic heterocycles. The standard InChI is InChI=1S/C23H33N3O3S/c1-21(2,3)29-20(27)26-11-9-23(10-12-26)14-17-8-7-16(15-24)13-18(17)19(23)25-30(28)22(4,5)6/h7-8,13,19,25H,9-12,14H2,1-6H3. The van der Waals surface area contributed by atoms with Crippen LogP contribution in [0.2, 0.25) is 0 Å². The van der Waals surface area contributed by atoms with Crippen molar-refractivity contribution in [2.75, 3.05) is 13.1 Å². The lowest BCUT2D eigenvalue weighted by Crippen LogP contribution is -2.51. The average Bonchev–Trinajstić information content (AvgIpc) is 2.92. The minimum atomic E-state index is -1.24. The molecule has 0 saturated carbocycles. The third-order valence-electron chi connectivity index (χ3n) is 5.93. The lowest BCUT2D eigenvalue weighted by molar-refractivity contribution is 0.00716. The van der Waals surface area contributed by atoms with Crippen molar-refractivity contribution in [2.24, 2.45) is 5.41 Å². The van der Waals surface area contributed by atoms with E-state index in [1.165, 1.54) is 5.56 Å². The van der Waals surface area contributed by atoms with E-state index in [-0.39, 0.29) is 17.6 Å². The number of fused-ring (bicyclic) bond motifs is 1. The SMILES string of the molecule is CC(C)(C)OC(=O)N1CCC2(CC1)Cc1ccc(C#N)cc1C2N[S+]([O-])C(C)(C)C. The first-order chi connectivity index (χ1) is 13.8. The van der Waals surface area contributed by atoms with E-state index in [9.17, 15) is 14.6 Å². The molecular weight excluding hydrogens is 398 g/mol. The zero-order chi connectivity index (χ0) is 22.3. The number of likely N-dealkylation sites (tertiary alicyclic amines) is 1. The van der Waals surface area contributed by atoms with Crippen LogP contribution < -0.4 is 4.72 Å². The van der Waals surface area contributed by atoms with Crippen LogP contribution in [-0.2, 0) is 22.5 Å². The molecule has 1 heterocycles. The molecule has 1 amide bonds. The lowest BCUT2D eigenvalue weighted by atomic mass is 9.73. The maximum atomic E-state index is 13.0. The summed E-state index contributed by atoms with van der Waals surface area (Å²) in [6, 6.07) is 7.92. The number of hydrogen-bond donors (Lipinski definition) is 1. The van der Waals surface area contributed by atoms with Gasteiger partial charge in [-0.25, -0.2) is 4.79 Å². The Balaban J connectivity index is 1.84. The van der Waals surface area contributed by atoms with Gasteiger partial charge in [0.1, 0.15) is 10.3 Å². The highest BCUT2D eigenvalue weighted by Crippen LogP contribution is 2.52. The molecule has 2 atom stereocenters. The molecule has 1 saturated heterocycles. The summed E-state index contributed by atoms with van der Waals surface area (Å²) in [5.41, 5.74) is 2.23. The van der Waals surface area contributed by atoms with Crippen LogP contribution in [0.25, 0.3) is 0 Å². The Morgan fingerprint density at radius 2 is 1.90 bits per heavy atom. The van der Waals surface area contributed by atoms with Crippen molar-refractivity contribution < 1.29 is 14.1 Å². The number of benzene rings is 1. The van der Waals surface area contributed by atoms with Crippen LogP contribution in [0.1, 0.15) is 77.1 Å². The van der Waals surface area contributed by atoms with Gasteiger partial charge in [0, 0.05) is 29.9 Å². The van der Waals surface area contributed by atoms with Crippen LogP contribution in [0.15, 0.2) is 18.2 Å². The van der Waals surface area contributed by atoms with Gasteiger partial charge >= 0.3 is 6.09 Å². The highest BCUT2D eigenvalue weighted by Gasteiger charge is 2.51. The number of nitrogens with zero attached hydrogens (tertiary/aromatic N) is 2. The highest BCUT2D eigenvalue weighted by atomic mass is 32.2. The smallest absolute Gasteiger partial charge is 0.410 e. The van der Waals surface area contributed by atoms with Crippen LogP contribution >= 0.6 is 0 Å². The Kier molecular flexibility index (Phi) is 6.16. The molecule has 1 fully saturated rings. The second-order valence-corrected chi connectivity index (χ2v) is 12.5. The fourth-order valence-electron chi connectivity index (χ4n) is 4.30. The van der Waals surface area contributed by atoms with E-state index in [4.69, 9.17) is 4.74 Å². The Bertz CT molecular complexity index is 843. The van der Waals surface area contributed by atoms with Gasteiger partial charge in [-0.1, -0.05) is 6.07 Å². The fourth-order valence-corrected chi connectivity index (χ4v) is 5.25. The fraction of sp³-hybridized carbons (Fsp3) is 0.652. The quantitative estimate of drug-likeness (QED) is 0.708. The molecule has 2 aliphatic rings. The Hall–Kier alpha value is -1.75. The molecule has 1 spiro atoms. The number of hydrogen-bond acceptors (Lipinski definition) is 5. The molecule has 6 nitrogen and oxygen atoms in total. The third kappa shape index (κ3) is 4.77. The van der Waals surface area contributed by atoms with Crippen molar-refractivity contribution in [1.29, 1.82) is 5.26 Å². The number of rotatable bonds is 2. The van der Waals surface area contributed by atoms with Gasteiger partial charge in [-0.05, 0) is 84.1 Å². The molecule has 164 valence electrons. The first kappa shape index (κ1) is 22.9. The van der Waals surface area contributed by atoms with Gasteiger partial charge in [-0.3, -0.25) is 0 Å². The van der Waals surface area contributed by atoms with E-state index >= 15 is 0 Å². The number of piperidine rings is 1. The molecule has 7 heteroatoms. The Labute approximate surface area is 183 Å². The highest BCUT2D eigenvalue weighted by molar-refractivity contribution is 7.90. The van der Waals surface area contributed by atoms with E-state index < -0.39 is 21.7 Å². The molecule has 30 heavy (non-hydrogen) atoms. The maximum Gasteiger partial charge on any atom is 0.410 e. The largest absolute Gasteiger partial charge is 0.598 e. The third-order valence-corrected chi connectivity index (χ3v) is 7.50. The number of nitrogens with one attached hydrogen (secondary N) is 1. The van der Waals surface area contributed by atoms with Gasteiger partial charge in [0.2, 0.25) is 0 Å². The van der Waals surface area contributed by atoms with Gasteiger partial charge in [0.05, 0.1) is 17.7 Å². The summed E-state index contributed by atoms with van der Waals surface area (Å²) in [5.74, 6) is 0. The Morgan fingerprint density at radius 3 is 2.43 bits per heavy atom. The van der Waals surface area contributed by atoms with Crippen molar-refractivity contribution in [3.63, 3.8) is 0 Å². The molecule has 3 rings (SSSR count). The molecule has 0 bridgehead atoms. The molecule has 1 N–H and O–H groups in total. The predicted octanol–water partition coefficient (Wildman–Crippen LogP) is 4.22. The van der Waals surface area contributed by atoms with Crippen LogP contribution in [-0.4, -0.2) is 39.0 Å². The normalized spacial score (nSPS) is 21.8. The molecule has 1 aromatic carbocycles. The number of carbonyl (C=O) groups is 1. The monoisotopic (exact) mass is 431 g/mol. The minimum absolute atomic E-state index is 0.110.